The van der Waals surface area contributed by atoms with E-state index in [0.717, 1.165) is 11.1 Å². The first-order valence-corrected chi connectivity index (χ1v) is 8.77. The number of nitrogens with one attached hydrogen (secondary N) is 2. The maximum absolute atomic E-state index is 12.1. The number of rotatable bonds is 7. The van der Waals surface area contributed by atoms with Crippen LogP contribution < -0.4 is 10.6 Å². The quantitative estimate of drug-likeness (QED) is 0.645. The summed E-state index contributed by atoms with van der Waals surface area (Å²) < 4.78 is 5.21. The number of amides is 2. The van der Waals surface area contributed by atoms with E-state index in [4.69, 9.17) is 4.52 Å². The van der Waals surface area contributed by atoms with Crippen LogP contribution >= 0.6 is 0 Å². The number of carbonyl (C=O) groups is 2. The third-order valence-electron chi connectivity index (χ3n) is 3.89. The van der Waals surface area contributed by atoms with Crippen LogP contribution in [0.3, 0.4) is 0 Å². The molecule has 2 amide bonds. The second kappa shape index (κ2) is 8.85. The molecule has 3 rings (SSSR count). The van der Waals surface area contributed by atoms with E-state index in [1.165, 1.54) is 0 Å². The molecular formula is C19H20N6O3. The minimum absolute atomic E-state index is 0.0351. The molecule has 9 heteroatoms. The molecule has 1 atom stereocenters. The van der Waals surface area contributed by atoms with Gasteiger partial charge in [0.05, 0.1) is 0 Å². The Morgan fingerprint density at radius 3 is 2.61 bits per heavy atom. The van der Waals surface area contributed by atoms with Crippen LogP contribution in [0.15, 0.2) is 47.4 Å². The highest BCUT2D eigenvalue weighted by molar-refractivity contribution is 5.92. The Bertz CT molecular complexity index is 957. The molecule has 0 fully saturated rings. The molecular weight excluding hydrogens is 360 g/mol. The summed E-state index contributed by atoms with van der Waals surface area (Å²) in [5.41, 5.74) is 1.76. The third kappa shape index (κ3) is 5.19. The molecule has 3 aromatic rings. The molecule has 0 aliphatic rings. The first kappa shape index (κ1) is 19.2. The van der Waals surface area contributed by atoms with Crippen molar-refractivity contribution in [3.63, 3.8) is 0 Å². The number of anilines is 1. The van der Waals surface area contributed by atoms with Gasteiger partial charge in [0.1, 0.15) is 11.9 Å². The van der Waals surface area contributed by atoms with E-state index in [1.54, 1.807) is 43.7 Å². The summed E-state index contributed by atoms with van der Waals surface area (Å²) in [6, 6.07) is 6.65. The first-order chi connectivity index (χ1) is 13.5. The first-order valence-electron chi connectivity index (χ1n) is 8.77. The van der Waals surface area contributed by atoms with Crippen molar-refractivity contribution in [2.45, 2.75) is 32.7 Å². The molecule has 0 spiro atoms. The van der Waals surface area contributed by atoms with Gasteiger partial charge in [-0.2, -0.15) is 4.98 Å². The molecule has 1 unspecified atom stereocenters. The second-order valence-electron chi connectivity index (χ2n) is 6.25. The predicted octanol–water partition coefficient (Wildman–Crippen LogP) is 2.43. The Balaban J connectivity index is 1.48. The second-order valence-corrected chi connectivity index (χ2v) is 6.25. The van der Waals surface area contributed by atoms with Crippen LogP contribution in [0.25, 0.3) is 11.4 Å². The van der Waals surface area contributed by atoms with Crippen LogP contribution in [0.4, 0.5) is 5.82 Å². The van der Waals surface area contributed by atoms with Crippen molar-refractivity contribution in [1.29, 1.82) is 0 Å². The molecule has 3 aromatic heterocycles. The van der Waals surface area contributed by atoms with E-state index in [0.29, 0.717) is 11.6 Å². The van der Waals surface area contributed by atoms with Gasteiger partial charge in [0.2, 0.25) is 23.5 Å². The van der Waals surface area contributed by atoms with Gasteiger partial charge in [-0.3, -0.25) is 14.6 Å². The van der Waals surface area contributed by atoms with Crippen LogP contribution in [0.2, 0.25) is 0 Å². The van der Waals surface area contributed by atoms with Gasteiger partial charge in [-0.05, 0) is 43.7 Å². The molecule has 0 saturated carbocycles. The average Bonchev–Trinajstić information content (AvgIpc) is 3.17. The number of hydrogen-bond acceptors (Lipinski definition) is 7. The molecule has 0 aliphatic carbocycles. The Kier molecular flexibility index (Phi) is 6.05. The van der Waals surface area contributed by atoms with Gasteiger partial charge in [0, 0.05) is 37.0 Å². The molecule has 3 heterocycles. The summed E-state index contributed by atoms with van der Waals surface area (Å²) in [5.74, 6) is 0.604. The molecule has 28 heavy (non-hydrogen) atoms. The van der Waals surface area contributed by atoms with Crippen molar-refractivity contribution < 1.29 is 14.1 Å². The molecule has 0 radical (unpaired) electrons. The van der Waals surface area contributed by atoms with E-state index < -0.39 is 6.04 Å². The lowest BCUT2D eigenvalue weighted by Gasteiger charge is -2.09. The number of aromatic nitrogens is 4. The Hall–Kier alpha value is -3.62. The maximum Gasteiger partial charge on any atom is 0.249 e. The lowest BCUT2D eigenvalue weighted by Crippen LogP contribution is -2.28. The van der Waals surface area contributed by atoms with Crippen molar-refractivity contribution in [2.75, 3.05) is 5.32 Å². The highest BCUT2D eigenvalue weighted by Gasteiger charge is 2.18. The highest BCUT2D eigenvalue weighted by atomic mass is 16.5. The summed E-state index contributed by atoms with van der Waals surface area (Å²) >= 11 is 0. The van der Waals surface area contributed by atoms with Crippen LogP contribution in [0.5, 0.6) is 0 Å². The fourth-order valence-electron chi connectivity index (χ4n) is 2.44. The molecule has 2 N–H and O–H groups in total. The van der Waals surface area contributed by atoms with Gasteiger partial charge >= 0.3 is 0 Å². The largest absolute Gasteiger partial charge is 0.345 e. The highest BCUT2D eigenvalue weighted by Crippen LogP contribution is 2.17. The van der Waals surface area contributed by atoms with Crippen molar-refractivity contribution in [1.82, 2.24) is 25.4 Å². The SMILES string of the molecule is Cc1ccnc(NC(=O)CCC(=O)NC(C)c2nc(-c3ccncc3)no2)c1. The van der Waals surface area contributed by atoms with Crippen LogP contribution in [-0.4, -0.2) is 31.9 Å². The van der Waals surface area contributed by atoms with Crippen molar-refractivity contribution >= 4 is 17.6 Å². The minimum Gasteiger partial charge on any atom is -0.345 e. The zero-order valence-corrected chi connectivity index (χ0v) is 15.5. The lowest BCUT2D eigenvalue weighted by molar-refractivity contribution is -0.125. The minimum atomic E-state index is -0.475. The van der Waals surface area contributed by atoms with E-state index in [9.17, 15) is 9.59 Å². The monoisotopic (exact) mass is 380 g/mol. The fourth-order valence-corrected chi connectivity index (χ4v) is 2.44. The van der Waals surface area contributed by atoms with Crippen molar-refractivity contribution in [3.05, 3.63) is 54.3 Å². The Labute approximate surface area is 161 Å². The summed E-state index contributed by atoms with van der Waals surface area (Å²) in [6.45, 7) is 3.64. The zero-order chi connectivity index (χ0) is 19.9. The van der Waals surface area contributed by atoms with Gasteiger partial charge in [0.15, 0.2) is 0 Å². The number of aryl methyl sites for hydroxylation is 1. The smallest absolute Gasteiger partial charge is 0.249 e. The van der Waals surface area contributed by atoms with Gasteiger partial charge in [-0.25, -0.2) is 4.98 Å². The topological polar surface area (TPSA) is 123 Å². The van der Waals surface area contributed by atoms with Gasteiger partial charge in [-0.1, -0.05) is 5.16 Å². The third-order valence-corrected chi connectivity index (χ3v) is 3.89. The normalized spacial score (nSPS) is 11.6. The molecule has 0 bridgehead atoms. The predicted molar refractivity (Wildman–Crippen MR) is 101 cm³/mol. The summed E-state index contributed by atoms with van der Waals surface area (Å²) in [7, 11) is 0. The number of hydrogen-bond donors (Lipinski definition) is 2. The fraction of sp³-hybridized carbons (Fsp3) is 0.263. The van der Waals surface area contributed by atoms with E-state index in [-0.39, 0.29) is 30.5 Å². The van der Waals surface area contributed by atoms with Crippen LogP contribution in [0.1, 0.15) is 37.3 Å². The Morgan fingerprint density at radius 2 is 1.86 bits per heavy atom. The van der Waals surface area contributed by atoms with Crippen LogP contribution in [0, 0.1) is 6.92 Å². The summed E-state index contributed by atoms with van der Waals surface area (Å²) in [5, 5.41) is 9.32. The van der Waals surface area contributed by atoms with Gasteiger partial charge in [-0.15, -0.1) is 0 Å². The Morgan fingerprint density at radius 1 is 1.11 bits per heavy atom. The average molecular weight is 380 g/mol. The standard InChI is InChI=1S/C19H20N6O3/c1-12-5-10-21-15(11-12)23-17(27)4-3-16(26)22-13(2)19-24-18(25-28-19)14-6-8-20-9-7-14/h5-11,13H,3-4H2,1-2H3,(H,22,26)(H,21,23,27). The lowest BCUT2D eigenvalue weighted by atomic mass is 10.2. The number of pyridine rings is 2. The zero-order valence-electron chi connectivity index (χ0n) is 15.5. The summed E-state index contributed by atoms with van der Waals surface area (Å²) in [6.07, 6.45) is 4.96. The number of carbonyl (C=O) groups excluding carboxylic acids is 2. The number of nitrogens with zero attached hydrogens (tertiary/aromatic N) is 4. The van der Waals surface area contributed by atoms with Crippen LogP contribution in [-0.2, 0) is 9.59 Å². The van der Waals surface area contributed by atoms with Crippen molar-refractivity contribution in [3.8, 4) is 11.4 Å². The van der Waals surface area contributed by atoms with E-state index in [1.807, 2.05) is 13.0 Å². The summed E-state index contributed by atoms with van der Waals surface area (Å²) in [4.78, 5) is 36.4. The van der Waals surface area contributed by atoms with Crippen molar-refractivity contribution in [2.24, 2.45) is 0 Å². The molecule has 9 nitrogen and oxygen atoms in total. The van der Waals surface area contributed by atoms with E-state index in [2.05, 4.69) is 30.7 Å². The molecule has 0 saturated heterocycles. The molecule has 0 aromatic carbocycles. The molecule has 144 valence electrons. The van der Waals surface area contributed by atoms with E-state index >= 15 is 0 Å². The maximum atomic E-state index is 12.1. The molecule has 0 aliphatic heterocycles. The van der Waals surface area contributed by atoms with Gasteiger partial charge < -0.3 is 15.2 Å². The van der Waals surface area contributed by atoms with Gasteiger partial charge in [0.25, 0.3) is 0 Å².